The Morgan fingerprint density at radius 2 is 2.35 bits per heavy atom. The van der Waals surface area contributed by atoms with Crippen LogP contribution in [0.2, 0.25) is 0 Å². The Bertz CT molecular complexity index is 389. The summed E-state index contributed by atoms with van der Waals surface area (Å²) in [4.78, 5) is 0. The molecule has 0 spiro atoms. The molecule has 0 aliphatic carbocycles. The summed E-state index contributed by atoms with van der Waals surface area (Å²) >= 11 is 0. The molecule has 1 heterocycles. The molecule has 3 nitrogen and oxygen atoms in total. The highest BCUT2D eigenvalue weighted by molar-refractivity contribution is 5.49. The molecule has 1 atom stereocenters. The van der Waals surface area contributed by atoms with E-state index in [0.29, 0.717) is 24.7 Å². The van der Waals surface area contributed by atoms with E-state index in [4.69, 9.17) is 15.2 Å². The third-order valence-electron chi connectivity index (χ3n) is 2.83. The van der Waals surface area contributed by atoms with Crippen molar-refractivity contribution < 1.29 is 13.9 Å². The molecular weight excluding hydrogens is 221 g/mol. The van der Waals surface area contributed by atoms with E-state index < -0.39 is 0 Å². The molecule has 0 radical (unpaired) electrons. The Labute approximate surface area is 101 Å². The van der Waals surface area contributed by atoms with Crippen LogP contribution in [0, 0.1) is 5.82 Å². The second kappa shape index (κ2) is 5.36. The summed E-state index contributed by atoms with van der Waals surface area (Å²) < 4.78 is 24.8. The highest BCUT2D eigenvalue weighted by atomic mass is 19.1. The van der Waals surface area contributed by atoms with Crippen LogP contribution in [0.1, 0.15) is 25.3 Å². The van der Waals surface area contributed by atoms with E-state index in [1.807, 2.05) is 6.92 Å². The minimum Gasteiger partial charge on any atom is -0.485 e. The summed E-state index contributed by atoms with van der Waals surface area (Å²) in [6, 6.07) is 3.10. The van der Waals surface area contributed by atoms with Gasteiger partial charge in [-0.2, -0.15) is 0 Å². The van der Waals surface area contributed by atoms with Gasteiger partial charge in [0.25, 0.3) is 0 Å². The largest absolute Gasteiger partial charge is 0.485 e. The van der Waals surface area contributed by atoms with Crippen molar-refractivity contribution in [2.75, 3.05) is 18.9 Å². The van der Waals surface area contributed by atoms with Crippen LogP contribution in [0.3, 0.4) is 0 Å². The van der Waals surface area contributed by atoms with Gasteiger partial charge < -0.3 is 15.2 Å². The van der Waals surface area contributed by atoms with Gasteiger partial charge in [0.1, 0.15) is 6.10 Å². The molecule has 4 heteroatoms. The van der Waals surface area contributed by atoms with Gasteiger partial charge in [-0.15, -0.1) is 0 Å². The van der Waals surface area contributed by atoms with Gasteiger partial charge in [0, 0.05) is 18.2 Å². The fraction of sp³-hybridized carbons (Fsp3) is 0.538. The first-order valence-electron chi connectivity index (χ1n) is 6.03. The first kappa shape index (κ1) is 12.2. The second-order valence-electron chi connectivity index (χ2n) is 4.34. The summed E-state index contributed by atoms with van der Waals surface area (Å²) in [5, 5.41) is 0. The van der Waals surface area contributed by atoms with Crippen molar-refractivity contribution in [2.24, 2.45) is 0 Å². The Balaban J connectivity index is 2.22. The molecule has 2 N–H and O–H groups in total. The molecule has 1 saturated heterocycles. The Kier molecular flexibility index (Phi) is 3.84. The summed E-state index contributed by atoms with van der Waals surface area (Å²) in [6.07, 6.45) is 2.48. The molecule has 1 fully saturated rings. The maximum atomic E-state index is 13.8. The number of hydrogen-bond donors (Lipinski definition) is 1. The number of nitrogen functional groups attached to an aromatic ring is 1. The topological polar surface area (TPSA) is 44.5 Å². The van der Waals surface area contributed by atoms with Gasteiger partial charge in [-0.1, -0.05) is 13.3 Å². The van der Waals surface area contributed by atoms with Crippen molar-refractivity contribution >= 4 is 5.69 Å². The lowest BCUT2D eigenvalue weighted by molar-refractivity contribution is 0.137. The molecule has 94 valence electrons. The molecule has 0 unspecified atom stereocenters. The van der Waals surface area contributed by atoms with E-state index in [9.17, 15) is 4.39 Å². The van der Waals surface area contributed by atoms with E-state index >= 15 is 0 Å². The molecular formula is C13H18FNO2. The van der Waals surface area contributed by atoms with E-state index in [0.717, 1.165) is 24.8 Å². The summed E-state index contributed by atoms with van der Waals surface area (Å²) in [5.74, 6) is -0.0306. The maximum Gasteiger partial charge on any atom is 0.167 e. The maximum absolute atomic E-state index is 13.8. The van der Waals surface area contributed by atoms with Crippen LogP contribution >= 0.6 is 0 Å². The van der Waals surface area contributed by atoms with Crippen molar-refractivity contribution in [3.8, 4) is 5.75 Å². The lowest BCUT2D eigenvalue weighted by Crippen LogP contribution is -2.17. The Morgan fingerprint density at radius 3 is 3.00 bits per heavy atom. The number of benzene rings is 1. The summed E-state index contributed by atoms with van der Waals surface area (Å²) in [7, 11) is 0. The van der Waals surface area contributed by atoms with Gasteiger partial charge in [0.15, 0.2) is 11.6 Å². The molecule has 17 heavy (non-hydrogen) atoms. The average molecular weight is 239 g/mol. The zero-order valence-corrected chi connectivity index (χ0v) is 10.0. The van der Waals surface area contributed by atoms with Crippen LogP contribution in [0.5, 0.6) is 5.75 Å². The van der Waals surface area contributed by atoms with Gasteiger partial charge in [0.05, 0.1) is 13.2 Å². The van der Waals surface area contributed by atoms with Gasteiger partial charge in [-0.25, -0.2) is 4.39 Å². The van der Waals surface area contributed by atoms with Crippen LogP contribution < -0.4 is 10.5 Å². The predicted molar refractivity (Wildman–Crippen MR) is 64.7 cm³/mol. The molecule has 0 amide bonds. The number of ether oxygens (including phenoxy) is 2. The number of halogens is 1. The highest BCUT2D eigenvalue weighted by Crippen LogP contribution is 2.29. The Morgan fingerprint density at radius 1 is 1.53 bits per heavy atom. The van der Waals surface area contributed by atoms with Gasteiger partial charge in [0.2, 0.25) is 0 Å². The molecule has 0 bridgehead atoms. The van der Waals surface area contributed by atoms with Gasteiger partial charge in [-0.05, 0) is 18.1 Å². The Hall–Kier alpha value is -1.29. The SMILES string of the molecule is CCCc1cc(N)cc(F)c1O[C@H]1CCOC1. The fourth-order valence-corrected chi connectivity index (χ4v) is 2.03. The molecule has 2 rings (SSSR count). The average Bonchev–Trinajstić information content (AvgIpc) is 2.76. The van der Waals surface area contributed by atoms with E-state index in [2.05, 4.69) is 0 Å². The summed E-state index contributed by atoms with van der Waals surface area (Å²) in [5.41, 5.74) is 6.94. The van der Waals surface area contributed by atoms with Crippen molar-refractivity contribution in [3.05, 3.63) is 23.5 Å². The predicted octanol–water partition coefficient (Wildman–Crippen LogP) is 2.53. The smallest absolute Gasteiger partial charge is 0.167 e. The molecule has 0 saturated carbocycles. The van der Waals surface area contributed by atoms with Crippen molar-refractivity contribution in [1.82, 2.24) is 0 Å². The first-order chi connectivity index (χ1) is 8.20. The van der Waals surface area contributed by atoms with E-state index in [-0.39, 0.29) is 11.9 Å². The fourth-order valence-electron chi connectivity index (χ4n) is 2.03. The molecule has 1 aliphatic heterocycles. The third-order valence-corrected chi connectivity index (χ3v) is 2.83. The van der Waals surface area contributed by atoms with Crippen LogP contribution in [0.15, 0.2) is 12.1 Å². The van der Waals surface area contributed by atoms with Gasteiger partial charge in [-0.3, -0.25) is 0 Å². The van der Waals surface area contributed by atoms with Crippen molar-refractivity contribution in [1.29, 1.82) is 0 Å². The number of hydrogen-bond acceptors (Lipinski definition) is 3. The molecule has 1 aliphatic rings. The quantitative estimate of drug-likeness (QED) is 0.821. The zero-order valence-electron chi connectivity index (χ0n) is 10.0. The second-order valence-corrected chi connectivity index (χ2v) is 4.34. The zero-order chi connectivity index (χ0) is 12.3. The lowest BCUT2D eigenvalue weighted by atomic mass is 10.1. The monoisotopic (exact) mass is 239 g/mol. The number of aryl methyl sites for hydroxylation is 1. The minimum absolute atomic E-state index is 0.0382. The third kappa shape index (κ3) is 2.88. The highest BCUT2D eigenvalue weighted by Gasteiger charge is 2.21. The van der Waals surface area contributed by atoms with Crippen molar-refractivity contribution in [2.45, 2.75) is 32.3 Å². The van der Waals surface area contributed by atoms with Crippen LogP contribution in [0.4, 0.5) is 10.1 Å². The normalized spacial score (nSPS) is 19.5. The molecule has 0 aromatic heterocycles. The summed E-state index contributed by atoms with van der Waals surface area (Å²) in [6.45, 7) is 3.27. The van der Waals surface area contributed by atoms with E-state index in [1.165, 1.54) is 6.07 Å². The van der Waals surface area contributed by atoms with Gasteiger partial charge >= 0.3 is 0 Å². The van der Waals surface area contributed by atoms with E-state index in [1.54, 1.807) is 6.07 Å². The minimum atomic E-state index is -0.375. The van der Waals surface area contributed by atoms with Crippen LogP contribution in [-0.2, 0) is 11.2 Å². The number of nitrogens with two attached hydrogens (primary N) is 1. The standard InChI is InChI=1S/C13H18FNO2/c1-2-3-9-6-10(15)7-12(14)13(9)17-11-4-5-16-8-11/h6-7,11H,2-5,8,15H2,1H3/t11-/m0/s1. The first-order valence-corrected chi connectivity index (χ1v) is 6.03. The number of anilines is 1. The lowest BCUT2D eigenvalue weighted by Gasteiger charge is -2.16. The molecule has 1 aromatic carbocycles. The number of rotatable bonds is 4. The van der Waals surface area contributed by atoms with Crippen LogP contribution in [-0.4, -0.2) is 19.3 Å². The van der Waals surface area contributed by atoms with Crippen molar-refractivity contribution in [3.63, 3.8) is 0 Å². The van der Waals surface area contributed by atoms with Crippen LogP contribution in [0.25, 0.3) is 0 Å². The molecule has 1 aromatic rings.